The van der Waals surface area contributed by atoms with E-state index in [2.05, 4.69) is 21.5 Å². The van der Waals surface area contributed by atoms with Crippen LogP contribution in [0.15, 0.2) is 47.1 Å². The van der Waals surface area contributed by atoms with Gasteiger partial charge in [-0.2, -0.15) is 0 Å². The SMILES string of the molecule is Cc1noc(C)c1CCCNc1ncccc1C(=O)N1CCc2ccccc21. The van der Waals surface area contributed by atoms with Crippen LogP contribution in [-0.2, 0) is 12.8 Å². The first-order valence-electron chi connectivity index (χ1n) is 9.65. The van der Waals surface area contributed by atoms with Crippen LogP contribution in [0, 0.1) is 13.8 Å². The highest BCUT2D eigenvalue weighted by Gasteiger charge is 2.26. The quantitative estimate of drug-likeness (QED) is 0.660. The smallest absolute Gasteiger partial charge is 0.262 e. The summed E-state index contributed by atoms with van der Waals surface area (Å²) < 4.78 is 5.21. The zero-order valence-electron chi connectivity index (χ0n) is 16.2. The second-order valence-electron chi connectivity index (χ2n) is 7.07. The van der Waals surface area contributed by atoms with Crippen molar-refractivity contribution >= 4 is 17.4 Å². The number of hydrogen-bond acceptors (Lipinski definition) is 5. The van der Waals surface area contributed by atoms with Crippen LogP contribution in [0.2, 0.25) is 0 Å². The fourth-order valence-corrected chi connectivity index (χ4v) is 3.74. The third-order valence-corrected chi connectivity index (χ3v) is 5.25. The van der Waals surface area contributed by atoms with Gasteiger partial charge in [-0.25, -0.2) is 4.98 Å². The molecule has 0 saturated heterocycles. The van der Waals surface area contributed by atoms with Gasteiger partial charge in [0.05, 0.1) is 11.3 Å². The number of carbonyl (C=O) groups excluding carboxylic acids is 1. The van der Waals surface area contributed by atoms with Crippen molar-refractivity contribution in [1.82, 2.24) is 10.1 Å². The molecule has 1 aliphatic heterocycles. The molecule has 28 heavy (non-hydrogen) atoms. The summed E-state index contributed by atoms with van der Waals surface area (Å²) in [5, 5.41) is 7.33. The molecule has 3 aromatic rings. The molecule has 0 atom stereocenters. The average Bonchev–Trinajstić information content (AvgIpc) is 3.29. The predicted molar refractivity (Wildman–Crippen MR) is 109 cm³/mol. The van der Waals surface area contributed by atoms with Gasteiger partial charge in [0.15, 0.2) is 0 Å². The number of aromatic nitrogens is 2. The van der Waals surface area contributed by atoms with Crippen molar-refractivity contribution in [2.45, 2.75) is 33.1 Å². The lowest BCUT2D eigenvalue weighted by Gasteiger charge is -2.19. The standard InChI is InChI=1S/C22H24N4O2/c1-15-18(16(2)28-25-15)8-5-12-23-21-19(9-6-13-24-21)22(27)26-14-11-17-7-3-4-10-20(17)26/h3-4,6-7,9-10,13H,5,8,11-12,14H2,1-2H3,(H,23,24). The Hall–Kier alpha value is -3.15. The summed E-state index contributed by atoms with van der Waals surface area (Å²) in [6.45, 7) is 5.32. The van der Waals surface area contributed by atoms with E-state index in [0.717, 1.165) is 48.5 Å². The van der Waals surface area contributed by atoms with E-state index >= 15 is 0 Å². The lowest BCUT2D eigenvalue weighted by Crippen LogP contribution is -2.30. The van der Waals surface area contributed by atoms with Crippen LogP contribution in [0.5, 0.6) is 0 Å². The number of rotatable bonds is 6. The van der Waals surface area contributed by atoms with Crippen molar-refractivity contribution in [1.29, 1.82) is 0 Å². The first-order chi connectivity index (χ1) is 13.6. The Morgan fingerprint density at radius 2 is 2.07 bits per heavy atom. The average molecular weight is 376 g/mol. The number of benzene rings is 1. The first-order valence-corrected chi connectivity index (χ1v) is 9.65. The van der Waals surface area contributed by atoms with Gasteiger partial charge in [0, 0.05) is 30.5 Å². The summed E-state index contributed by atoms with van der Waals surface area (Å²) in [4.78, 5) is 19.4. The van der Waals surface area contributed by atoms with E-state index < -0.39 is 0 Å². The van der Waals surface area contributed by atoms with E-state index in [1.807, 2.05) is 49.1 Å². The van der Waals surface area contributed by atoms with Crippen LogP contribution in [0.3, 0.4) is 0 Å². The summed E-state index contributed by atoms with van der Waals surface area (Å²) in [7, 11) is 0. The Kier molecular flexibility index (Phi) is 5.10. The largest absolute Gasteiger partial charge is 0.369 e. The summed E-state index contributed by atoms with van der Waals surface area (Å²) >= 11 is 0. The molecule has 144 valence electrons. The lowest BCUT2D eigenvalue weighted by molar-refractivity contribution is 0.0990. The van der Waals surface area contributed by atoms with Crippen LogP contribution >= 0.6 is 0 Å². The molecule has 0 radical (unpaired) electrons. The molecule has 1 N–H and O–H groups in total. The highest BCUT2D eigenvalue weighted by Crippen LogP contribution is 2.29. The summed E-state index contributed by atoms with van der Waals surface area (Å²) in [5.41, 5.74) is 4.93. The second-order valence-corrected chi connectivity index (χ2v) is 7.07. The minimum atomic E-state index is -0.00808. The minimum Gasteiger partial charge on any atom is -0.369 e. The molecular formula is C22H24N4O2. The van der Waals surface area contributed by atoms with Gasteiger partial charge in [0.1, 0.15) is 11.6 Å². The molecule has 0 unspecified atom stereocenters. The number of hydrogen-bond donors (Lipinski definition) is 1. The molecule has 0 saturated carbocycles. The Morgan fingerprint density at radius 3 is 2.89 bits per heavy atom. The van der Waals surface area contributed by atoms with E-state index in [1.165, 1.54) is 5.56 Å². The van der Waals surface area contributed by atoms with Crippen LogP contribution in [0.25, 0.3) is 0 Å². The van der Waals surface area contributed by atoms with E-state index in [9.17, 15) is 4.79 Å². The maximum absolute atomic E-state index is 13.2. The first kappa shape index (κ1) is 18.2. The van der Waals surface area contributed by atoms with Gasteiger partial charge in [0.25, 0.3) is 5.91 Å². The van der Waals surface area contributed by atoms with E-state index in [1.54, 1.807) is 6.20 Å². The number of nitrogens with one attached hydrogen (secondary N) is 1. The molecular weight excluding hydrogens is 352 g/mol. The monoisotopic (exact) mass is 376 g/mol. The van der Waals surface area contributed by atoms with Crippen molar-refractivity contribution in [2.24, 2.45) is 0 Å². The highest BCUT2D eigenvalue weighted by molar-refractivity contribution is 6.10. The predicted octanol–water partition coefficient (Wildman–Crippen LogP) is 3.93. The molecule has 1 aromatic carbocycles. The molecule has 0 spiro atoms. The molecule has 1 amide bonds. The maximum Gasteiger partial charge on any atom is 0.262 e. The Bertz CT molecular complexity index is 976. The van der Waals surface area contributed by atoms with Crippen LogP contribution in [0.1, 0.15) is 39.4 Å². The van der Waals surface area contributed by atoms with Gasteiger partial charge in [-0.1, -0.05) is 23.4 Å². The third-order valence-electron chi connectivity index (χ3n) is 5.25. The van der Waals surface area contributed by atoms with Gasteiger partial charge in [-0.3, -0.25) is 4.79 Å². The zero-order chi connectivity index (χ0) is 19.5. The third kappa shape index (κ3) is 3.50. The summed E-state index contributed by atoms with van der Waals surface area (Å²) in [6.07, 6.45) is 4.39. The lowest BCUT2D eigenvalue weighted by atomic mass is 10.1. The number of fused-ring (bicyclic) bond motifs is 1. The van der Waals surface area contributed by atoms with Crippen molar-refractivity contribution < 1.29 is 9.32 Å². The van der Waals surface area contributed by atoms with Gasteiger partial charge in [-0.05, 0) is 56.9 Å². The van der Waals surface area contributed by atoms with Gasteiger partial charge in [-0.15, -0.1) is 0 Å². The molecule has 0 bridgehead atoms. The molecule has 3 heterocycles. The Labute approximate surface area is 164 Å². The fourth-order valence-electron chi connectivity index (χ4n) is 3.74. The van der Waals surface area contributed by atoms with Crippen molar-refractivity contribution in [3.05, 3.63) is 70.7 Å². The highest BCUT2D eigenvalue weighted by atomic mass is 16.5. The molecule has 4 rings (SSSR count). The molecule has 6 heteroatoms. The summed E-state index contributed by atoms with van der Waals surface area (Å²) in [5.74, 6) is 1.50. The number of nitrogens with zero attached hydrogens (tertiary/aromatic N) is 3. The number of pyridine rings is 1. The van der Waals surface area contributed by atoms with Gasteiger partial charge in [0.2, 0.25) is 0 Å². The van der Waals surface area contributed by atoms with Crippen LogP contribution in [-0.4, -0.2) is 29.1 Å². The molecule has 0 aliphatic carbocycles. The molecule has 2 aromatic heterocycles. The number of aryl methyl sites for hydroxylation is 2. The van der Waals surface area contributed by atoms with Crippen molar-refractivity contribution in [3.63, 3.8) is 0 Å². The molecule has 6 nitrogen and oxygen atoms in total. The number of carbonyl (C=O) groups is 1. The number of para-hydroxylation sites is 1. The normalized spacial score (nSPS) is 12.9. The van der Waals surface area contributed by atoms with E-state index in [-0.39, 0.29) is 5.91 Å². The second kappa shape index (κ2) is 7.84. The molecule has 0 fully saturated rings. The number of amides is 1. The van der Waals surface area contributed by atoms with Crippen LogP contribution in [0.4, 0.5) is 11.5 Å². The van der Waals surface area contributed by atoms with E-state index in [4.69, 9.17) is 4.52 Å². The van der Waals surface area contributed by atoms with Gasteiger partial charge < -0.3 is 14.7 Å². The van der Waals surface area contributed by atoms with Crippen molar-refractivity contribution in [3.8, 4) is 0 Å². The van der Waals surface area contributed by atoms with Gasteiger partial charge >= 0.3 is 0 Å². The van der Waals surface area contributed by atoms with E-state index in [0.29, 0.717) is 17.9 Å². The maximum atomic E-state index is 13.2. The fraction of sp³-hybridized carbons (Fsp3) is 0.318. The zero-order valence-corrected chi connectivity index (χ0v) is 16.2. The Morgan fingerprint density at radius 1 is 1.21 bits per heavy atom. The Balaban J connectivity index is 1.43. The number of anilines is 2. The van der Waals surface area contributed by atoms with Crippen molar-refractivity contribution in [2.75, 3.05) is 23.3 Å². The van der Waals surface area contributed by atoms with Crippen LogP contribution < -0.4 is 10.2 Å². The topological polar surface area (TPSA) is 71.3 Å². The molecule has 1 aliphatic rings. The summed E-state index contributed by atoms with van der Waals surface area (Å²) in [6, 6.07) is 11.7. The minimum absolute atomic E-state index is 0.00808.